The van der Waals surface area contributed by atoms with E-state index in [1.165, 1.54) is 13.2 Å². The molecule has 25 heavy (non-hydrogen) atoms. The number of aromatic nitrogens is 2. The molecular formula is C16H15N5O3S. The second-order valence-corrected chi connectivity index (χ2v) is 6.90. The molecule has 128 valence electrons. The number of hydrogen-bond donors (Lipinski definition) is 2. The zero-order valence-electron chi connectivity index (χ0n) is 13.3. The van der Waals surface area contributed by atoms with E-state index in [0.717, 1.165) is 0 Å². The van der Waals surface area contributed by atoms with Crippen LogP contribution in [0.2, 0.25) is 0 Å². The molecule has 1 aromatic heterocycles. The largest absolute Gasteiger partial charge is 0.494 e. The third-order valence-corrected chi connectivity index (χ3v) is 4.80. The van der Waals surface area contributed by atoms with Crippen LogP contribution in [0.5, 0.6) is 5.75 Å². The van der Waals surface area contributed by atoms with Gasteiger partial charge in [-0.15, -0.1) is 0 Å². The van der Waals surface area contributed by atoms with Gasteiger partial charge in [-0.3, -0.25) is 0 Å². The van der Waals surface area contributed by atoms with Crippen LogP contribution in [-0.2, 0) is 16.6 Å². The minimum Gasteiger partial charge on any atom is -0.494 e. The number of benzene rings is 2. The molecule has 1 heterocycles. The zero-order chi connectivity index (χ0) is 18.2. The van der Waals surface area contributed by atoms with E-state index in [4.69, 9.17) is 20.9 Å². The molecule has 0 radical (unpaired) electrons. The summed E-state index contributed by atoms with van der Waals surface area (Å²) in [5, 5.41) is 14.4. The highest BCUT2D eigenvalue weighted by Crippen LogP contribution is 2.30. The first-order valence-corrected chi connectivity index (χ1v) is 8.74. The van der Waals surface area contributed by atoms with Crippen molar-refractivity contribution >= 4 is 27.0 Å². The number of sulfonamides is 1. The predicted octanol–water partition coefficient (Wildman–Crippen LogP) is 1.19. The fourth-order valence-electron chi connectivity index (χ4n) is 2.71. The second kappa shape index (κ2) is 6.08. The van der Waals surface area contributed by atoms with Gasteiger partial charge in [0.25, 0.3) is 0 Å². The van der Waals surface area contributed by atoms with Crippen LogP contribution in [0, 0.1) is 11.3 Å². The van der Waals surface area contributed by atoms with Crippen molar-refractivity contribution in [3.63, 3.8) is 0 Å². The summed E-state index contributed by atoms with van der Waals surface area (Å²) in [6.45, 7) is 0.136. The van der Waals surface area contributed by atoms with E-state index in [-0.39, 0.29) is 17.4 Å². The third kappa shape index (κ3) is 3.00. The summed E-state index contributed by atoms with van der Waals surface area (Å²) in [6, 6.07) is 11.6. The Hall–Kier alpha value is -3.09. The number of fused-ring (bicyclic) bond motifs is 1. The van der Waals surface area contributed by atoms with Crippen LogP contribution in [0.25, 0.3) is 11.0 Å². The van der Waals surface area contributed by atoms with E-state index < -0.39 is 10.0 Å². The molecular weight excluding hydrogens is 342 g/mol. The predicted molar refractivity (Wildman–Crippen MR) is 92.3 cm³/mol. The Balaban J connectivity index is 2.22. The number of anilines is 1. The number of primary sulfonamides is 1. The summed E-state index contributed by atoms with van der Waals surface area (Å²) in [4.78, 5) is 4.26. The van der Waals surface area contributed by atoms with Gasteiger partial charge in [-0.25, -0.2) is 18.5 Å². The highest BCUT2D eigenvalue weighted by molar-refractivity contribution is 7.89. The summed E-state index contributed by atoms with van der Waals surface area (Å²) in [5.74, 6) is 0.596. The number of ether oxygens (including phenoxy) is 1. The number of methoxy groups -OCH3 is 1. The van der Waals surface area contributed by atoms with Crippen molar-refractivity contribution in [3.8, 4) is 11.8 Å². The maximum atomic E-state index is 11.8. The van der Waals surface area contributed by atoms with E-state index in [2.05, 4.69) is 4.98 Å². The van der Waals surface area contributed by atoms with Crippen molar-refractivity contribution < 1.29 is 13.2 Å². The molecule has 0 aliphatic rings. The van der Waals surface area contributed by atoms with Gasteiger partial charge in [0.05, 0.1) is 35.7 Å². The Morgan fingerprint density at radius 2 is 2.04 bits per heavy atom. The second-order valence-electron chi connectivity index (χ2n) is 5.37. The fourth-order valence-corrected chi connectivity index (χ4v) is 3.48. The quantitative estimate of drug-likeness (QED) is 0.719. The molecule has 2 aromatic carbocycles. The van der Waals surface area contributed by atoms with Crippen LogP contribution in [0.1, 0.15) is 11.1 Å². The number of hydrogen-bond acceptors (Lipinski definition) is 6. The first-order valence-electron chi connectivity index (χ1n) is 7.19. The minimum atomic E-state index is -3.88. The van der Waals surface area contributed by atoms with E-state index >= 15 is 0 Å². The van der Waals surface area contributed by atoms with Crippen LogP contribution in [-0.4, -0.2) is 25.1 Å². The number of nitrogen functional groups attached to an aromatic ring is 1. The number of imidazole rings is 1. The Morgan fingerprint density at radius 3 is 2.68 bits per heavy atom. The molecule has 0 bridgehead atoms. The van der Waals surface area contributed by atoms with Crippen molar-refractivity contribution in [2.75, 3.05) is 12.8 Å². The number of rotatable bonds is 4. The lowest BCUT2D eigenvalue weighted by molar-refractivity contribution is 0.417. The van der Waals surface area contributed by atoms with Crippen LogP contribution in [0.15, 0.2) is 41.3 Å². The lowest BCUT2D eigenvalue weighted by atomic mass is 10.2. The monoisotopic (exact) mass is 357 g/mol. The van der Waals surface area contributed by atoms with Crippen molar-refractivity contribution in [1.82, 2.24) is 9.55 Å². The first kappa shape index (κ1) is 16.8. The van der Waals surface area contributed by atoms with E-state index in [9.17, 15) is 8.42 Å². The van der Waals surface area contributed by atoms with Crippen LogP contribution >= 0.6 is 0 Å². The van der Waals surface area contributed by atoms with Gasteiger partial charge in [-0.05, 0) is 17.7 Å². The molecule has 8 nitrogen and oxygen atoms in total. The molecule has 0 saturated carbocycles. The molecule has 0 spiro atoms. The standard InChI is InChI=1S/C16H15N5O3S/c1-24-13-7-10(8-17)6-12-15(13)21(16(18)20-12)9-11-4-2-3-5-14(11)25(19,22)23/h2-7H,9H2,1H3,(H2,18,20)(H2,19,22,23). The van der Waals surface area contributed by atoms with Gasteiger partial charge in [0.1, 0.15) is 11.3 Å². The number of nitriles is 1. The minimum absolute atomic E-state index is 0.0175. The third-order valence-electron chi connectivity index (χ3n) is 3.79. The summed E-state index contributed by atoms with van der Waals surface area (Å²) < 4.78 is 30.6. The zero-order valence-corrected chi connectivity index (χ0v) is 14.1. The Bertz CT molecular complexity index is 1110. The molecule has 9 heteroatoms. The van der Waals surface area contributed by atoms with Crippen molar-refractivity contribution in [3.05, 3.63) is 47.5 Å². The van der Waals surface area contributed by atoms with Crippen LogP contribution in [0.4, 0.5) is 5.95 Å². The highest BCUT2D eigenvalue weighted by Gasteiger charge is 2.18. The summed E-state index contributed by atoms with van der Waals surface area (Å²) in [6.07, 6.45) is 0. The van der Waals surface area contributed by atoms with Crippen molar-refractivity contribution in [1.29, 1.82) is 5.26 Å². The fraction of sp³-hybridized carbons (Fsp3) is 0.125. The van der Waals surface area contributed by atoms with Gasteiger partial charge < -0.3 is 15.0 Å². The molecule has 4 N–H and O–H groups in total. The van der Waals surface area contributed by atoms with Crippen LogP contribution < -0.4 is 15.6 Å². The number of nitrogens with two attached hydrogens (primary N) is 2. The average molecular weight is 357 g/mol. The highest BCUT2D eigenvalue weighted by atomic mass is 32.2. The van der Waals surface area contributed by atoms with Crippen molar-refractivity contribution in [2.24, 2.45) is 5.14 Å². The average Bonchev–Trinajstić information content (AvgIpc) is 2.89. The molecule has 3 rings (SSSR count). The summed E-state index contributed by atoms with van der Waals surface area (Å²) in [5.41, 5.74) is 7.93. The van der Waals surface area contributed by atoms with Crippen LogP contribution in [0.3, 0.4) is 0 Å². The van der Waals surface area contributed by atoms with Gasteiger partial charge in [0.2, 0.25) is 16.0 Å². The van der Waals surface area contributed by atoms with Gasteiger partial charge in [-0.2, -0.15) is 5.26 Å². The normalized spacial score (nSPS) is 11.4. The lowest BCUT2D eigenvalue weighted by Crippen LogP contribution is -2.16. The molecule has 0 aliphatic heterocycles. The van der Waals surface area contributed by atoms with Gasteiger partial charge in [0, 0.05) is 6.07 Å². The maximum Gasteiger partial charge on any atom is 0.238 e. The van der Waals surface area contributed by atoms with Gasteiger partial charge in [-0.1, -0.05) is 18.2 Å². The van der Waals surface area contributed by atoms with Crippen molar-refractivity contribution in [2.45, 2.75) is 11.4 Å². The molecule has 0 atom stereocenters. The van der Waals surface area contributed by atoms with Gasteiger partial charge >= 0.3 is 0 Å². The smallest absolute Gasteiger partial charge is 0.238 e. The first-order chi connectivity index (χ1) is 11.8. The molecule has 0 amide bonds. The van der Waals surface area contributed by atoms with E-state index in [0.29, 0.717) is 27.9 Å². The maximum absolute atomic E-state index is 11.8. The lowest BCUT2D eigenvalue weighted by Gasteiger charge is -2.12. The molecule has 0 aliphatic carbocycles. The van der Waals surface area contributed by atoms with E-state index in [1.807, 2.05) is 6.07 Å². The Labute approximate surface area is 144 Å². The SMILES string of the molecule is COc1cc(C#N)cc2nc(N)n(Cc3ccccc3S(N)(=O)=O)c12. The summed E-state index contributed by atoms with van der Waals surface area (Å²) >= 11 is 0. The molecule has 0 saturated heterocycles. The molecule has 0 unspecified atom stereocenters. The van der Waals surface area contributed by atoms with E-state index in [1.54, 1.807) is 34.9 Å². The molecule has 0 fully saturated rings. The Kier molecular flexibility index (Phi) is 4.08. The Morgan fingerprint density at radius 1 is 1.32 bits per heavy atom. The summed E-state index contributed by atoms with van der Waals surface area (Å²) in [7, 11) is -2.40. The topological polar surface area (TPSA) is 137 Å². The van der Waals surface area contributed by atoms with Gasteiger partial charge in [0.15, 0.2) is 0 Å². The number of nitrogens with zero attached hydrogens (tertiary/aromatic N) is 3. The molecule has 3 aromatic rings.